The van der Waals surface area contributed by atoms with Crippen LogP contribution in [0.5, 0.6) is 0 Å². The van der Waals surface area contributed by atoms with Crippen LogP contribution < -0.4 is 5.73 Å². The zero-order valence-corrected chi connectivity index (χ0v) is 7.70. The van der Waals surface area contributed by atoms with Crippen molar-refractivity contribution in [1.29, 1.82) is 5.26 Å². The molecular weight excluding hydrogens is 179 g/mol. The molecule has 0 aliphatic rings. The first kappa shape index (κ1) is 10.4. The molecule has 0 aliphatic heterocycles. The molecule has 3 heteroatoms. The van der Waals surface area contributed by atoms with Gasteiger partial charge in [0.05, 0.1) is 12.5 Å². The summed E-state index contributed by atoms with van der Waals surface area (Å²) in [6.07, 6.45) is 1.76. The quantitative estimate of drug-likeness (QED) is 0.742. The molecule has 1 rings (SSSR count). The van der Waals surface area contributed by atoms with Crippen LogP contribution in [-0.4, -0.2) is 0 Å². The predicted octanol–water partition coefficient (Wildman–Crippen LogP) is 2.08. The largest absolute Gasteiger partial charge is 0.321 e. The van der Waals surface area contributed by atoms with E-state index in [0.717, 1.165) is 5.56 Å². The van der Waals surface area contributed by atoms with Crippen LogP contribution in [0.25, 0.3) is 0 Å². The number of nitrogens with two attached hydrogens (primary N) is 1. The third-order valence-electron chi connectivity index (χ3n) is 1.99. The normalized spacial score (nSPS) is 11.8. The van der Waals surface area contributed by atoms with Crippen LogP contribution in [0.3, 0.4) is 0 Å². The summed E-state index contributed by atoms with van der Waals surface area (Å²) in [6.45, 7) is 3.54. The van der Waals surface area contributed by atoms with Crippen molar-refractivity contribution >= 4 is 0 Å². The summed E-state index contributed by atoms with van der Waals surface area (Å²) in [6, 6.07) is 5.84. The van der Waals surface area contributed by atoms with Crippen LogP contribution in [0.4, 0.5) is 4.39 Å². The van der Waals surface area contributed by atoms with E-state index in [0.29, 0.717) is 5.56 Å². The molecular formula is C11H11FN2. The van der Waals surface area contributed by atoms with Gasteiger partial charge < -0.3 is 5.73 Å². The first-order valence-electron chi connectivity index (χ1n) is 4.22. The molecule has 1 aromatic carbocycles. The van der Waals surface area contributed by atoms with Crippen LogP contribution in [0, 0.1) is 17.1 Å². The standard InChI is InChI=1S/C11H11FN2/c1-2-11(14)10-7-9(12)4-3-8(10)5-6-13/h2-4,7,11H,1,5,14H2. The lowest BCUT2D eigenvalue weighted by Gasteiger charge is -2.11. The van der Waals surface area contributed by atoms with Gasteiger partial charge in [-0.1, -0.05) is 12.1 Å². The molecule has 72 valence electrons. The Bertz CT molecular complexity index is 379. The number of hydrogen-bond donors (Lipinski definition) is 1. The zero-order chi connectivity index (χ0) is 10.6. The van der Waals surface area contributed by atoms with Crippen molar-refractivity contribution in [2.24, 2.45) is 5.73 Å². The Labute approximate surface area is 82.5 Å². The first-order chi connectivity index (χ1) is 6.69. The number of rotatable bonds is 3. The third kappa shape index (κ3) is 2.18. The van der Waals surface area contributed by atoms with Gasteiger partial charge in [-0.25, -0.2) is 4.39 Å². The molecule has 2 N–H and O–H groups in total. The van der Waals surface area contributed by atoms with E-state index in [2.05, 4.69) is 6.58 Å². The highest BCUT2D eigenvalue weighted by atomic mass is 19.1. The van der Waals surface area contributed by atoms with Crippen molar-refractivity contribution in [3.05, 3.63) is 47.8 Å². The average Bonchev–Trinajstić information content (AvgIpc) is 2.20. The summed E-state index contributed by atoms with van der Waals surface area (Å²) in [4.78, 5) is 0. The fraction of sp³-hybridized carbons (Fsp3) is 0.182. The minimum atomic E-state index is -0.422. The van der Waals surface area contributed by atoms with Gasteiger partial charge in [0, 0.05) is 6.04 Å². The Kier molecular flexibility index (Phi) is 3.38. The molecule has 0 fully saturated rings. The summed E-state index contributed by atoms with van der Waals surface area (Å²) in [5, 5.41) is 8.56. The maximum Gasteiger partial charge on any atom is 0.123 e. The smallest absolute Gasteiger partial charge is 0.123 e. The summed E-state index contributed by atoms with van der Waals surface area (Å²) >= 11 is 0. The summed E-state index contributed by atoms with van der Waals surface area (Å²) in [7, 11) is 0. The van der Waals surface area contributed by atoms with Gasteiger partial charge in [-0.15, -0.1) is 6.58 Å². The van der Waals surface area contributed by atoms with Crippen molar-refractivity contribution in [3.63, 3.8) is 0 Å². The fourth-order valence-electron chi connectivity index (χ4n) is 1.25. The van der Waals surface area contributed by atoms with Crippen molar-refractivity contribution in [2.75, 3.05) is 0 Å². The Morgan fingerprint density at radius 3 is 2.93 bits per heavy atom. The summed E-state index contributed by atoms with van der Waals surface area (Å²) in [5.74, 6) is -0.348. The van der Waals surface area contributed by atoms with E-state index in [1.54, 1.807) is 6.07 Å². The van der Waals surface area contributed by atoms with Gasteiger partial charge in [-0.05, 0) is 23.3 Å². The second-order valence-corrected chi connectivity index (χ2v) is 2.94. The Hall–Kier alpha value is -1.66. The van der Waals surface area contributed by atoms with Crippen molar-refractivity contribution in [3.8, 4) is 6.07 Å². The van der Waals surface area contributed by atoms with Gasteiger partial charge in [0.2, 0.25) is 0 Å². The molecule has 0 aliphatic carbocycles. The number of halogens is 1. The maximum absolute atomic E-state index is 12.9. The molecule has 14 heavy (non-hydrogen) atoms. The van der Waals surface area contributed by atoms with E-state index in [9.17, 15) is 4.39 Å². The highest BCUT2D eigenvalue weighted by Gasteiger charge is 2.08. The summed E-state index contributed by atoms with van der Waals surface area (Å²) in [5.41, 5.74) is 7.08. The van der Waals surface area contributed by atoms with Gasteiger partial charge in [0.1, 0.15) is 5.82 Å². The summed E-state index contributed by atoms with van der Waals surface area (Å²) < 4.78 is 12.9. The van der Waals surface area contributed by atoms with Crippen LogP contribution >= 0.6 is 0 Å². The SMILES string of the molecule is C=CC(N)c1cc(F)ccc1CC#N. The number of nitriles is 1. The van der Waals surface area contributed by atoms with Crippen LogP contribution in [0.2, 0.25) is 0 Å². The molecule has 0 aromatic heterocycles. The zero-order valence-electron chi connectivity index (χ0n) is 7.70. The topological polar surface area (TPSA) is 49.8 Å². The lowest BCUT2D eigenvalue weighted by molar-refractivity contribution is 0.623. The minimum absolute atomic E-state index is 0.233. The lowest BCUT2D eigenvalue weighted by atomic mass is 9.99. The van der Waals surface area contributed by atoms with Gasteiger partial charge >= 0.3 is 0 Å². The maximum atomic E-state index is 12.9. The highest BCUT2D eigenvalue weighted by molar-refractivity contribution is 5.34. The van der Waals surface area contributed by atoms with E-state index >= 15 is 0 Å². The third-order valence-corrected chi connectivity index (χ3v) is 1.99. The van der Waals surface area contributed by atoms with E-state index < -0.39 is 6.04 Å². The molecule has 1 aromatic rings. The van der Waals surface area contributed by atoms with Crippen LogP contribution in [-0.2, 0) is 6.42 Å². The fourth-order valence-corrected chi connectivity index (χ4v) is 1.25. The van der Waals surface area contributed by atoms with Gasteiger partial charge in [0.15, 0.2) is 0 Å². The van der Waals surface area contributed by atoms with Crippen LogP contribution in [0.1, 0.15) is 17.2 Å². The van der Waals surface area contributed by atoms with E-state index in [-0.39, 0.29) is 12.2 Å². The molecule has 0 saturated carbocycles. The van der Waals surface area contributed by atoms with E-state index in [1.807, 2.05) is 6.07 Å². The molecule has 0 spiro atoms. The van der Waals surface area contributed by atoms with Crippen molar-refractivity contribution in [2.45, 2.75) is 12.5 Å². The highest BCUT2D eigenvalue weighted by Crippen LogP contribution is 2.18. The average molecular weight is 190 g/mol. The second kappa shape index (κ2) is 4.54. The van der Waals surface area contributed by atoms with Crippen LogP contribution in [0.15, 0.2) is 30.9 Å². The van der Waals surface area contributed by atoms with E-state index in [1.165, 1.54) is 18.2 Å². The number of benzene rings is 1. The number of hydrogen-bond acceptors (Lipinski definition) is 2. The molecule has 0 heterocycles. The van der Waals surface area contributed by atoms with Gasteiger partial charge in [-0.2, -0.15) is 5.26 Å². The lowest BCUT2D eigenvalue weighted by Crippen LogP contribution is -2.09. The molecule has 0 amide bonds. The minimum Gasteiger partial charge on any atom is -0.321 e. The first-order valence-corrected chi connectivity index (χ1v) is 4.22. The predicted molar refractivity (Wildman–Crippen MR) is 52.8 cm³/mol. The Balaban J connectivity index is 3.16. The Morgan fingerprint density at radius 2 is 2.36 bits per heavy atom. The second-order valence-electron chi connectivity index (χ2n) is 2.94. The van der Waals surface area contributed by atoms with Gasteiger partial charge in [-0.3, -0.25) is 0 Å². The van der Waals surface area contributed by atoms with Crippen molar-refractivity contribution < 1.29 is 4.39 Å². The molecule has 1 atom stereocenters. The number of nitrogens with zero attached hydrogens (tertiary/aromatic N) is 1. The molecule has 0 bridgehead atoms. The monoisotopic (exact) mass is 190 g/mol. The molecule has 2 nitrogen and oxygen atoms in total. The van der Waals surface area contributed by atoms with Gasteiger partial charge in [0.25, 0.3) is 0 Å². The Morgan fingerprint density at radius 1 is 1.64 bits per heavy atom. The molecule has 0 saturated heterocycles. The van der Waals surface area contributed by atoms with Crippen molar-refractivity contribution in [1.82, 2.24) is 0 Å². The molecule has 1 unspecified atom stereocenters. The van der Waals surface area contributed by atoms with E-state index in [4.69, 9.17) is 11.0 Å². The molecule has 0 radical (unpaired) electrons.